The van der Waals surface area contributed by atoms with E-state index in [0.29, 0.717) is 6.54 Å². The summed E-state index contributed by atoms with van der Waals surface area (Å²) in [6.07, 6.45) is 1.89. The van der Waals surface area contributed by atoms with Crippen molar-refractivity contribution < 1.29 is 0 Å². The summed E-state index contributed by atoms with van der Waals surface area (Å²) < 4.78 is 0. The summed E-state index contributed by atoms with van der Waals surface area (Å²) in [5, 5.41) is 7.97. The van der Waals surface area contributed by atoms with Crippen LogP contribution in [0.4, 0.5) is 0 Å². The van der Waals surface area contributed by atoms with Crippen molar-refractivity contribution in [2.45, 2.75) is 0 Å². The fourth-order valence-corrected chi connectivity index (χ4v) is 0.0500. The molecule has 0 aromatic rings. The Bertz CT molecular complexity index is 62.4. The molecular weight excluding hydrogens is 76.1 g/mol. The lowest BCUT2D eigenvalue weighted by atomic mass is 10.7. The van der Waals surface area contributed by atoms with Gasteiger partial charge < -0.3 is 4.90 Å². The second kappa shape index (κ2) is 2.52. The predicted molar refractivity (Wildman–Crippen MR) is 23.6 cm³/mol. The van der Waals surface area contributed by atoms with Crippen molar-refractivity contribution in [2.24, 2.45) is 0 Å². The summed E-state index contributed by atoms with van der Waals surface area (Å²) in [6, 6.07) is 0. The Morgan fingerprint density at radius 3 is 2.50 bits per heavy atom. The van der Waals surface area contributed by atoms with Crippen LogP contribution < -0.4 is 0 Å². The molecule has 0 aromatic carbocycles. The molecule has 0 rings (SSSR count). The topological polar surface area (TPSA) is 27.0 Å². The van der Waals surface area contributed by atoms with Gasteiger partial charge in [0.2, 0.25) is 0 Å². The zero-order valence-corrected chi connectivity index (χ0v) is 3.81. The average Bonchev–Trinajstić information content (AvgIpc) is 1.65. The number of nitrogens with zero attached hydrogens (tertiary/aromatic N) is 2. The van der Waals surface area contributed by atoms with E-state index in [0.717, 1.165) is 0 Å². The summed E-state index contributed by atoms with van der Waals surface area (Å²) in [5.74, 6) is 0. The monoisotopic (exact) mass is 83.1 g/mol. The van der Waals surface area contributed by atoms with Gasteiger partial charge in [-0.05, 0) is 6.92 Å². The molecule has 0 unspecified atom stereocenters. The van der Waals surface area contributed by atoms with Crippen molar-refractivity contribution in [3.63, 3.8) is 0 Å². The molecule has 0 atom stereocenters. The molecule has 0 aliphatic carbocycles. The summed E-state index contributed by atoms with van der Waals surface area (Å²) in [5.41, 5.74) is 0. The van der Waals surface area contributed by atoms with E-state index >= 15 is 0 Å². The van der Waals surface area contributed by atoms with Crippen molar-refractivity contribution in [3.05, 3.63) is 6.92 Å². The Hall–Kier alpha value is -0.710. The molecular formula is C4H7N2. The molecule has 0 bridgehead atoms. The van der Waals surface area contributed by atoms with Gasteiger partial charge in [0, 0.05) is 13.6 Å². The quantitative estimate of drug-likeness (QED) is 0.335. The van der Waals surface area contributed by atoms with E-state index in [1.54, 1.807) is 7.05 Å². The maximum absolute atomic E-state index is 7.97. The Kier molecular flexibility index (Phi) is 2.22. The second-order valence-electron chi connectivity index (χ2n) is 1.02. The summed E-state index contributed by atoms with van der Waals surface area (Å²) in [4.78, 5) is 1.44. The zero-order valence-electron chi connectivity index (χ0n) is 3.81. The van der Waals surface area contributed by atoms with E-state index in [1.165, 1.54) is 4.90 Å². The molecule has 0 heterocycles. The fraction of sp³-hybridized carbons (Fsp3) is 0.500. The highest BCUT2D eigenvalue weighted by Crippen LogP contribution is 1.68. The Morgan fingerprint density at radius 1 is 2.00 bits per heavy atom. The van der Waals surface area contributed by atoms with Gasteiger partial charge in [0.1, 0.15) is 0 Å². The van der Waals surface area contributed by atoms with E-state index < -0.39 is 0 Å². The number of hydrogen-bond donors (Lipinski definition) is 0. The molecule has 0 amide bonds. The van der Waals surface area contributed by atoms with E-state index in [4.69, 9.17) is 5.26 Å². The molecule has 33 valence electrons. The van der Waals surface area contributed by atoms with E-state index in [2.05, 4.69) is 6.92 Å². The predicted octanol–water partition coefficient (Wildman–Crippen LogP) is 0.233. The van der Waals surface area contributed by atoms with Crippen LogP contribution in [0, 0.1) is 18.4 Å². The van der Waals surface area contributed by atoms with Gasteiger partial charge in [-0.3, -0.25) is 0 Å². The van der Waals surface area contributed by atoms with Crippen LogP contribution in [0.5, 0.6) is 0 Å². The van der Waals surface area contributed by atoms with Crippen LogP contribution in [0.25, 0.3) is 0 Å². The van der Waals surface area contributed by atoms with Gasteiger partial charge in [-0.1, -0.05) is 0 Å². The average molecular weight is 83.1 g/mol. The summed E-state index contributed by atoms with van der Waals surface area (Å²) in [7, 11) is 1.69. The minimum absolute atomic E-state index is 0.552. The minimum Gasteiger partial charge on any atom is -0.314 e. The van der Waals surface area contributed by atoms with Crippen LogP contribution in [-0.2, 0) is 0 Å². The van der Waals surface area contributed by atoms with Gasteiger partial charge in [0.15, 0.2) is 6.19 Å². The highest BCUT2D eigenvalue weighted by molar-refractivity contribution is 4.67. The largest absolute Gasteiger partial charge is 0.314 e. The third kappa shape index (κ3) is 1.59. The second-order valence-corrected chi connectivity index (χ2v) is 1.02. The van der Waals surface area contributed by atoms with Crippen molar-refractivity contribution in [2.75, 3.05) is 13.6 Å². The number of rotatable bonds is 1. The molecule has 2 nitrogen and oxygen atoms in total. The molecule has 0 spiro atoms. The maximum atomic E-state index is 7.97. The van der Waals surface area contributed by atoms with Crippen molar-refractivity contribution in [3.8, 4) is 6.19 Å². The van der Waals surface area contributed by atoms with Crippen molar-refractivity contribution in [1.29, 1.82) is 5.26 Å². The Morgan fingerprint density at radius 2 is 2.50 bits per heavy atom. The highest BCUT2D eigenvalue weighted by atomic mass is 15.1. The van der Waals surface area contributed by atoms with E-state index in [1.807, 2.05) is 6.19 Å². The smallest absolute Gasteiger partial charge is 0.179 e. The Labute approximate surface area is 38.0 Å². The van der Waals surface area contributed by atoms with Gasteiger partial charge in [0.05, 0.1) is 0 Å². The fourth-order valence-electron chi connectivity index (χ4n) is 0.0500. The molecule has 1 radical (unpaired) electrons. The summed E-state index contributed by atoms with van der Waals surface area (Å²) >= 11 is 0. The van der Waals surface area contributed by atoms with Gasteiger partial charge in [0.25, 0.3) is 0 Å². The van der Waals surface area contributed by atoms with Crippen LogP contribution in [0.3, 0.4) is 0 Å². The number of hydrogen-bond acceptors (Lipinski definition) is 2. The molecule has 0 N–H and O–H groups in total. The van der Waals surface area contributed by atoms with E-state index in [-0.39, 0.29) is 0 Å². The van der Waals surface area contributed by atoms with Gasteiger partial charge in [-0.2, -0.15) is 5.26 Å². The molecule has 0 aliphatic heterocycles. The lowest BCUT2D eigenvalue weighted by molar-refractivity contribution is 0.528. The first-order valence-electron chi connectivity index (χ1n) is 1.71. The lowest BCUT2D eigenvalue weighted by Crippen LogP contribution is -2.08. The third-order valence-electron chi connectivity index (χ3n) is 0.506. The van der Waals surface area contributed by atoms with Crippen LogP contribution in [0.2, 0.25) is 0 Å². The molecule has 0 aliphatic rings. The third-order valence-corrected chi connectivity index (χ3v) is 0.506. The molecule has 2 heteroatoms. The first-order chi connectivity index (χ1) is 2.81. The molecule has 6 heavy (non-hydrogen) atoms. The van der Waals surface area contributed by atoms with Gasteiger partial charge in [-0.15, -0.1) is 0 Å². The normalized spacial score (nSPS) is 6.83. The standard InChI is InChI=1S/C4H7N2/c1-3-6(2)4-5/h1,3H2,2H3. The molecule has 0 saturated heterocycles. The highest BCUT2D eigenvalue weighted by Gasteiger charge is 1.78. The lowest BCUT2D eigenvalue weighted by Gasteiger charge is -1.98. The first kappa shape index (κ1) is 5.29. The molecule has 0 fully saturated rings. The van der Waals surface area contributed by atoms with Crippen molar-refractivity contribution >= 4 is 0 Å². The van der Waals surface area contributed by atoms with Crippen LogP contribution in [0.15, 0.2) is 0 Å². The van der Waals surface area contributed by atoms with Crippen molar-refractivity contribution in [1.82, 2.24) is 4.90 Å². The van der Waals surface area contributed by atoms with Crippen LogP contribution >= 0.6 is 0 Å². The van der Waals surface area contributed by atoms with Gasteiger partial charge in [-0.25, -0.2) is 0 Å². The maximum Gasteiger partial charge on any atom is 0.179 e. The Balaban J connectivity index is 3.04. The van der Waals surface area contributed by atoms with Crippen LogP contribution in [0.1, 0.15) is 0 Å². The summed E-state index contributed by atoms with van der Waals surface area (Å²) in [6.45, 7) is 4.01. The zero-order chi connectivity index (χ0) is 4.99. The SMILES string of the molecule is [CH2]CN(C)C#N. The molecule has 0 saturated carbocycles. The number of nitriles is 1. The molecule has 0 aromatic heterocycles. The van der Waals surface area contributed by atoms with Crippen LogP contribution in [-0.4, -0.2) is 18.5 Å². The van der Waals surface area contributed by atoms with Gasteiger partial charge >= 0.3 is 0 Å². The first-order valence-corrected chi connectivity index (χ1v) is 1.71. The minimum atomic E-state index is 0.552. The van der Waals surface area contributed by atoms with E-state index in [9.17, 15) is 0 Å².